The second-order valence-corrected chi connectivity index (χ2v) is 5.08. The van der Waals surface area contributed by atoms with Gasteiger partial charge in [0.15, 0.2) is 4.67 Å². The average molecular weight is 319 g/mol. The fourth-order valence-electron chi connectivity index (χ4n) is 1.62. The van der Waals surface area contributed by atoms with Crippen LogP contribution in [0.3, 0.4) is 0 Å². The first-order valence-electron chi connectivity index (χ1n) is 5.72. The summed E-state index contributed by atoms with van der Waals surface area (Å²) in [7, 11) is 3.49. The smallest absolute Gasteiger partial charge is 0.234 e. The van der Waals surface area contributed by atoms with Crippen molar-refractivity contribution in [3.8, 4) is 0 Å². The first kappa shape index (κ1) is 15.2. The van der Waals surface area contributed by atoms with Gasteiger partial charge in [0, 0.05) is 13.2 Å². The van der Waals surface area contributed by atoms with Gasteiger partial charge in [-0.05, 0) is 42.0 Å². The number of hydrogen-bond acceptors (Lipinski definition) is 4. The Kier molecular flexibility index (Phi) is 6.38. The molecule has 1 heterocycles. The summed E-state index contributed by atoms with van der Waals surface area (Å²) in [6, 6.07) is 3.74. The minimum Gasteiger partial charge on any atom is -0.453 e. The molecule has 0 bridgehead atoms. The Balaban J connectivity index is 2.31. The van der Waals surface area contributed by atoms with E-state index in [1.165, 1.54) is 0 Å². The number of furan rings is 1. The van der Waals surface area contributed by atoms with Crippen molar-refractivity contribution < 1.29 is 13.9 Å². The first-order valence-corrected chi connectivity index (χ1v) is 6.51. The minimum atomic E-state index is -0.0207. The largest absolute Gasteiger partial charge is 0.453 e. The fourth-order valence-corrected chi connectivity index (χ4v) is 1.96. The molecule has 6 heteroatoms. The van der Waals surface area contributed by atoms with Gasteiger partial charge in [0.2, 0.25) is 5.91 Å². The number of halogens is 1. The van der Waals surface area contributed by atoms with Crippen LogP contribution in [0.1, 0.15) is 12.7 Å². The third kappa shape index (κ3) is 5.66. The van der Waals surface area contributed by atoms with Gasteiger partial charge in [0.1, 0.15) is 5.76 Å². The number of carbonyl (C=O) groups excluding carboxylic acids is 1. The van der Waals surface area contributed by atoms with Crippen LogP contribution >= 0.6 is 15.9 Å². The zero-order valence-corrected chi connectivity index (χ0v) is 12.5. The van der Waals surface area contributed by atoms with E-state index in [1.54, 1.807) is 7.11 Å². The summed E-state index contributed by atoms with van der Waals surface area (Å²) in [5.41, 5.74) is 0. The summed E-state index contributed by atoms with van der Waals surface area (Å²) in [4.78, 5) is 13.6. The van der Waals surface area contributed by atoms with Gasteiger partial charge in [-0.3, -0.25) is 9.69 Å². The summed E-state index contributed by atoms with van der Waals surface area (Å²) in [5.74, 6) is 0.801. The van der Waals surface area contributed by atoms with Crippen molar-refractivity contribution >= 4 is 21.8 Å². The maximum absolute atomic E-state index is 11.7. The number of nitrogens with zero attached hydrogens (tertiary/aromatic N) is 1. The van der Waals surface area contributed by atoms with E-state index in [2.05, 4.69) is 21.2 Å². The second kappa shape index (κ2) is 7.56. The van der Waals surface area contributed by atoms with E-state index in [1.807, 2.05) is 31.0 Å². The first-order chi connectivity index (χ1) is 8.51. The molecule has 102 valence electrons. The molecule has 1 rings (SSSR count). The molecule has 1 N–H and O–H groups in total. The van der Waals surface area contributed by atoms with Gasteiger partial charge in [-0.1, -0.05) is 0 Å². The Morgan fingerprint density at radius 3 is 2.89 bits per heavy atom. The molecule has 0 fully saturated rings. The van der Waals surface area contributed by atoms with Crippen LogP contribution in [-0.2, 0) is 16.1 Å². The summed E-state index contributed by atoms with van der Waals surface area (Å²) in [6.07, 6.45) is 0. The van der Waals surface area contributed by atoms with Crippen molar-refractivity contribution in [1.82, 2.24) is 10.2 Å². The molecule has 0 radical (unpaired) electrons. The molecule has 1 aromatic heterocycles. The molecule has 5 nitrogen and oxygen atoms in total. The quantitative estimate of drug-likeness (QED) is 0.830. The van der Waals surface area contributed by atoms with Gasteiger partial charge in [-0.2, -0.15) is 0 Å². The molecule has 0 aliphatic carbocycles. The molecular weight excluding hydrogens is 300 g/mol. The van der Waals surface area contributed by atoms with E-state index in [9.17, 15) is 4.79 Å². The number of methoxy groups -OCH3 is 1. The summed E-state index contributed by atoms with van der Waals surface area (Å²) in [5, 5.41) is 2.86. The molecule has 1 aromatic rings. The number of hydrogen-bond donors (Lipinski definition) is 1. The highest BCUT2D eigenvalue weighted by molar-refractivity contribution is 9.10. The standard InChI is InChI=1S/C12H19BrN2O3/c1-9(8-17-3)14-12(16)7-15(2)6-10-4-5-11(13)18-10/h4-5,9H,6-8H2,1-3H3,(H,14,16)/t9-/m0/s1. The van der Waals surface area contributed by atoms with E-state index in [0.29, 0.717) is 24.4 Å². The van der Waals surface area contributed by atoms with Crippen LogP contribution in [0.2, 0.25) is 0 Å². The highest BCUT2D eigenvalue weighted by atomic mass is 79.9. The lowest BCUT2D eigenvalue weighted by atomic mass is 10.3. The molecule has 0 saturated carbocycles. The molecule has 0 aliphatic rings. The van der Waals surface area contributed by atoms with E-state index in [4.69, 9.17) is 9.15 Å². The molecule has 0 unspecified atom stereocenters. The van der Waals surface area contributed by atoms with Gasteiger partial charge >= 0.3 is 0 Å². The third-order valence-corrected chi connectivity index (χ3v) is 2.72. The number of rotatable bonds is 7. The number of amides is 1. The molecule has 0 saturated heterocycles. The highest BCUT2D eigenvalue weighted by Crippen LogP contribution is 2.14. The number of carbonyl (C=O) groups is 1. The van der Waals surface area contributed by atoms with Crippen LogP contribution < -0.4 is 5.32 Å². The molecule has 0 aromatic carbocycles. The summed E-state index contributed by atoms with van der Waals surface area (Å²) in [6.45, 7) is 3.34. The van der Waals surface area contributed by atoms with Crippen molar-refractivity contribution in [3.63, 3.8) is 0 Å². The zero-order valence-electron chi connectivity index (χ0n) is 10.9. The van der Waals surface area contributed by atoms with Crippen LogP contribution in [0.15, 0.2) is 21.2 Å². The normalized spacial score (nSPS) is 12.7. The number of nitrogens with one attached hydrogen (secondary N) is 1. The fraction of sp³-hybridized carbons (Fsp3) is 0.583. The Hall–Kier alpha value is -0.850. The van der Waals surface area contributed by atoms with Gasteiger partial charge in [0.25, 0.3) is 0 Å². The van der Waals surface area contributed by atoms with Crippen molar-refractivity contribution in [2.24, 2.45) is 0 Å². The van der Waals surface area contributed by atoms with E-state index in [0.717, 1.165) is 5.76 Å². The van der Waals surface area contributed by atoms with Crippen molar-refractivity contribution in [2.75, 3.05) is 27.3 Å². The van der Waals surface area contributed by atoms with Crippen molar-refractivity contribution in [2.45, 2.75) is 19.5 Å². The Morgan fingerprint density at radius 1 is 1.61 bits per heavy atom. The van der Waals surface area contributed by atoms with Crippen LogP contribution in [0.5, 0.6) is 0 Å². The molecular formula is C12H19BrN2O3. The molecule has 0 spiro atoms. The second-order valence-electron chi connectivity index (χ2n) is 4.30. The predicted octanol–water partition coefficient (Wildman–Crippen LogP) is 1.63. The van der Waals surface area contributed by atoms with Crippen molar-refractivity contribution in [3.05, 3.63) is 22.6 Å². The van der Waals surface area contributed by atoms with Gasteiger partial charge < -0.3 is 14.5 Å². The monoisotopic (exact) mass is 318 g/mol. The number of ether oxygens (including phenoxy) is 1. The van der Waals surface area contributed by atoms with Crippen LogP contribution in [0.25, 0.3) is 0 Å². The number of likely N-dealkylation sites (N-methyl/N-ethyl adjacent to an activating group) is 1. The third-order valence-electron chi connectivity index (χ3n) is 2.29. The maximum atomic E-state index is 11.7. The predicted molar refractivity (Wildman–Crippen MR) is 72.2 cm³/mol. The molecule has 1 atom stereocenters. The Morgan fingerprint density at radius 2 is 2.33 bits per heavy atom. The van der Waals surface area contributed by atoms with Crippen LogP contribution in [0.4, 0.5) is 0 Å². The maximum Gasteiger partial charge on any atom is 0.234 e. The van der Waals surface area contributed by atoms with E-state index >= 15 is 0 Å². The SMILES string of the molecule is COC[C@H](C)NC(=O)CN(C)Cc1ccc(Br)o1. The van der Waals surface area contributed by atoms with Crippen LogP contribution in [0, 0.1) is 0 Å². The Bertz CT molecular complexity index is 381. The Labute approximate surface area is 116 Å². The van der Waals surface area contributed by atoms with Crippen molar-refractivity contribution in [1.29, 1.82) is 0 Å². The molecule has 18 heavy (non-hydrogen) atoms. The van der Waals surface area contributed by atoms with Crippen LogP contribution in [-0.4, -0.2) is 44.2 Å². The van der Waals surface area contributed by atoms with Gasteiger partial charge in [0.05, 0.1) is 19.7 Å². The lowest BCUT2D eigenvalue weighted by Crippen LogP contribution is -2.41. The summed E-state index contributed by atoms with van der Waals surface area (Å²) < 4.78 is 11.0. The van der Waals surface area contributed by atoms with E-state index < -0.39 is 0 Å². The topological polar surface area (TPSA) is 54.7 Å². The summed E-state index contributed by atoms with van der Waals surface area (Å²) >= 11 is 3.24. The lowest BCUT2D eigenvalue weighted by Gasteiger charge is -2.17. The van der Waals surface area contributed by atoms with Gasteiger partial charge in [-0.25, -0.2) is 0 Å². The lowest BCUT2D eigenvalue weighted by molar-refractivity contribution is -0.123. The molecule has 1 amide bonds. The minimum absolute atomic E-state index is 0.0207. The van der Waals surface area contributed by atoms with E-state index in [-0.39, 0.29) is 11.9 Å². The average Bonchev–Trinajstić information content (AvgIpc) is 2.63. The zero-order chi connectivity index (χ0) is 13.5. The molecule has 0 aliphatic heterocycles. The van der Waals surface area contributed by atoms with Gasteiger partial charge in [-0.15, -0.1) is 0 Å². The highest BCUT2D eigenvalue weighted by Gasteiger charge is 2.11.